The van der Waals surface area contributed by atoms with Crippen molar-refractivity contribution in [3.63, 3.8) is 0 Å². The van der Waals surface area contributed by atoms with Gasteiger partial charge in [0, 0.05) is 11.8 Å². The molecule has 0 bridgehead atoms. The topological polar surface area (TPSA) is 129 Å². The van der Waals surface area contributed by atoms with E-state index in [1.807, 2.05) is 6.92 Å². The van der Waals surface area contributed by atoms with Crippen molar-refractivity contribution >= 4 is 23.0 Å². The van der Waals surface area contributed by atoms with Gasteiger partial charge < -0.3 is 16.2 Å². The molecule has 0 aliphatic carbocycles. The standard InChI is InChI=1S/C22H17FN6O2/c1-12(27-17-5-2-4-16(25)15(17)9-24)20-21(13-8-14(23)11-26-10-13)29-18(22(30)31)6-3-7-19(29)28-20/h2-8,10-12,27H,25H2,1H3,(H,30,31). The van der Waals surface area contributed by atoms with Crippen molar-refractivity contribution < 1.29 is 14.3 Å². The minimum Gasteiger partial charge on any atom is -0.477 e. The van der Waals surface area contributed by atoms with E-state index in [9.17, 15) is 19.6 Å². The van der Waals surface area contributed by atoms with Gasteiger partial charge in [-0.15, -0.1) is 0 Å². The Morgan fingerprint density at radius 1 is 1.29 bits per heavy atom. The second-order valence-electron chi connectivity index (χ2n) is 6.89. The zero-order valence-corrected chi connectivity index (χ0v) is 16.4. The molecular formula is C22H17FN6O2. The van der Waals surface area contributed by atoms with E-state index < -0.39 is 17.8 Å². The molecule has 1 atom stereocenters. The van der Waals surface area contributed by atoms with E-state index in [1.54, 1.807) is 30.3 Å². The van der Waals surface area contributed by atoms with Crippen molar-refractivity contribution in [3.8, 4) is 17.3 Å². The second-order valence-corrected chi connectivity index (χ2v) is 6.89. The number of nitrogens with zero attached hydrogens (tertiary/aromatic N) is 4. The Bertz CT molecular complexity index is 1360. The summed E-state index contributed by atoms with van der Waals surface area (Å²) >= 11 is 0. The molecule has 0 amide bonds. The van der Waals surface area contributed by atoms with Crippen LogP contribution in [0, 0.1) is 17.1 Å². The molecule has 1 aromatic carbocycles. The average Bonchev–Trinajstić information content (AvgIpc) is 3.13. The number of benzene rings is 1. The van der Waals surface area contributed by atoms with Gasteiger partial charge in [-0.25, -0.2) is 14.2 Å². The summed E-state index contributed by atoms with van der Waals surface area (Å²) in [6.07, 6.45) is 2.51. The number of aromatic carboxylic acids is 1. The first kappa shape index (κ1) is 19.8. The van der Waals surface area contributed by atoms with Gasteiger partial charge in [0.1, 0.15) is 23.2 Å². The Morgan fingerprint density at radius 3 is 2.77 bits per heavy atom. The van der Waals surface area contributed by atoms with Crippen LogP contribution in [0.5, 0.6) is 0 Å². The smallest absolute Gasteiger partial charge is 0.352 e. The molecule has 3 aromatic heterocycles. The van der Waals surface area contributed by atoms with Crippen LogP contribution in [0.25, 0.3) is 16.9 Å². The quantitative estimate of drug-likeness (QED) is 0.421. The van der Waals surface area contributed by atoms with Gasteiger partial charge in [0.2, 0.25) is 0 Å². The minimum atomic E-state index is -1.15. The van der Waals surface area contributed by atoms with Crippen molar-refractivity contribution in [2.75, 3.05) is 11.1 Å². The number of halogens is 1. The summed E-state index contributed by atoms with van der Waals surface area (Å²) in [5, 5.41) is 22.4. The third-order valence-corrected chi connectivity index (χ3v) is 4.86. The lowest BCUT2D eigenvalue weighted by Crippen LogP contribution is -2.11. The average molecular weight is 416 g/mol. The number of carboxylic acids is 1. The number of hydrogen-bond acceptors (Lipinski definition) is 6. The number of nitriles is 1. The van der Waals surface area contributed by atoms with Gasteiger partial charge in [-0.2, -0.15) is 5.26 Å². The van der Waals surface area contributed by atoms with Gasteiger partial charge in [0.25, 0.3) is 0 Å². The van der Waals surface area contributed by atoms with E-state index in [0.717, 1.165) is 6.20 Å². The molecule has 0 aliphatic rings. The molecule has 4 N–H and O–H groups in total. The lowest BCUT2D eigenvalue weighted by Gasteiger charge is -2.17. The zero-order valence-electron chi connectivity index (χ0n) is 16.4. The van der Waals surface area contributed by atoms with Gasteiger partial charge in [0.05, 0.1) is 40.6 Å². The molecule has 3 heterocycles. The summed E-state index contributed by atoms with van der Waals surface area (Å²) < 4.78 is 15.4. The van der Waals surface area contributed by atoms with E-state index in [2.05, 4.69) is 21.4 Å². The number of rotatable bonds is 5. The highest BCUT2D eigenvalue weighted by atomic mass is 19.1. The molecule has 8 nitrogen and oxygen atoms in total. The molecule has 9 heteroatoms. The van der Waals surface area contributed by atoms with Gasteiger partial charge >= 0.3 is 5.97 Å². The Morgan fingerprint density at radius 2 is 2.06 bits per heavy atom. The van der Waals surface area contributed by atoms with E-state index in [0.29, 0.717) is 39.5 Å². The highest BCUT2D eigenvalue weighted by Crippen LogP contribution is 2.33. The fraction of sp³-hybridized carbons (Fsp3) is 0.0909. The number of pyridine rings is 2. The first-order valence-corrected chi connectivity index (χ1v) is 9.31. The van der Waals surface area contributed by atoms with Gasteiger partial charge in [-0.3, -0.25) is 9.38 Å². The van der Waals surface area contributed by atoms with E-state index >= 15 is 0 Å². The third-order valence-electron chi connectivity index (χ3n) is 4.86. The molecule has 31 heavy (non-hydrogen) atoms. The highest BCUT2D eigenvalue weighted by molar-refractivity contribution is 5.88. The maximum atomic E-state index is 14.0. The number of nitrogens with one attached hydrogen (secondary N) is 1. The number of nitrogen functional groups attached to an aromatic ring is 1. The van der Waals surface area contributed by atoms with Crippen LogP contribution in [0.3, 0.4) is 0 Å². The first-order chi connectivity index (χ1) is 14.9. The number of carbonyl (C=O) groups is 1. The number of fused-ring (bicyclic) bond motifs is 1. The van der Waals surface area contributed by atoms with Crippen LogP contribution in [-0.4, -0.2) is 25.4 Å². The van der Waals surface area contributed by atoms with Crippen molar-refractivity contribution in [3.05, 3.63) is 77.6 Å². The molecule has 0 aliphatic heterocycles. The van der Waals surface area contributed by atoms with Gasteiger partial charge in [-0.05, 0) is 37.3 Å². The van der Waals surface area contributed by atoms with Crippen LogP contribution in [0.4, 0.5) is 15.8 Å². The number of nitrogens with two attached hydrogens (primary N) is 1. The predicted molar refractivity (Wildman–Crippen MR) is 113 cm³/mol. The molecule has 0 spiro atoms. The van der Waals surface area contributed by atoms with E-state index in [1.165, 1.54) is 22.7 Å². The number of anilines is 2. The van der Waals surface area contributed by atoms with Gasteiger partial charge in [0.15, 0.2) is 0 Å². The lowest BCUT2D eigenvalue weighted by molar-refractivity contribution is 0.0689. The van der Waals surface area contributed by atoms with Crippen LogP contribution in [0.1, 0.15) is 34.7 Å². The summed E-state index contributed by atoms with van der Waals surface area (Å²) in [6.45, 7) is 1.81. The molecule has 4 rings (SSSR count). The van der Waals surface area contributed by atoms with E-state index in [4.69, 9.17) is 5.73 Å². The van der Waals surface area contributed by atoms with Crippen molar-refractivity contribution in [1.82, 2.24) is 14.4 Å². The Hall–Kier alpha value is -4.45. The minimum absolute atomic E-state index is 0.0237. The highest BCUT2D eigenvalue weighted by Gasteiger charge is 2.24. The molecular weight excluding hydrogens is 399 g/mol. The molecule has 0 radical (unpaired) electrons. The Kier molecular flexibility index (Phi) is 4.97. The van der Waals surface area contributed by atoms with Crippen LogP contribution < -0.4 is 11.1 Å². The van der Waals surface area contributed by atoms with Crippen molar-refractivity contribution in [1.29, 1.82) is 5.26 Å². The van der Waals surface area contributed by atoms with Crippen LogP contribution in [0.2, 0.25) is 0 Å². The monoisotopic (exact) mass is 416 g/mol. The van der Waals surface area contributed by atoms with Crippen molar-refractivity contribution in [2.45, 2.75) is 13.0 Å². The predicted octanol–water partition coefficient (Wildman–Crippen LogP) is 3.86. The summed E-state index contributed by atoms with van der Waals surface area (Å²) in [5.41, 5.74) is 8.62. The summed E-state index contributed by atoms with van der Waals surface area (Å²) in [7, 11) is 0. The zero-order chi connectivity index (χ0) is 22.1. The fourth-order valence-electron chi connectivity index (χ4n) is 3.52. The fourth-order valence-corrected chi connectivity index (χ4v) is 3.52. The third kappa shape index (κ3) is 3.51. The lowest BCUT2D eigenvalue weighted by atomic mass is 10.1. The summed E-state index contributed by atoms with van der Waals surface area (Å²) in [4.78, 5) is 20.4. The van der Waals surface area contributed by atoms with E-state index in [-0.39, 0.29) is 5.69 Å². The van der Waals surface area contributed by atoms with Crippen molar-refractivity contribution in [2.24, 2.45) is 0 Å². The molecule has 0 saturated carbocycles. The Balaban J connectivity index is 1.93. The largest absolute Gasteiger partial charge is 0.477 e. The SMILES string of the molecule is CC(Nc1cccc(N)c1C#N)c1nc2cccc(C(=O)O)n2c1-c1cncc(F)c1. The number of imidazole rings is 1. The summed E-state index contributed by atoms with van der Waals surface area (Å²) in [6, 6.07) is 12.6. The van der Waals surface area contributed by atoms with Crippen LogP contribution in [0.15, 0.2) is 54.9 Å². The number of carboxylic acid groups (broad SMARTS) is 1. The molecule has 1 unspecified atom stereocenters. The normalized spacial score (nSPS) is 11.8. The second kappa shape index (κ2) is 7.76. The molecule has 4 aromatic rings. The Labute approximate surface area is 176 Å². The maximum absolute atomic E-state index is 14.0. The van der Waals surface area contributed by atoms with Crippen LogP contribution in [-0.2, 0) is 0 Å². The molecule has 154 valence electrons. The molecule has 0 fully saturated rings. The van der Waals surface area contributed by atoms with Gasteiger partial charge in [-0.1, -0.05) is 12.1 Å². The first-order valence-electron chi connectivity index (χ1n) is 9.31. The molecule has 0 saturated heterocycles. The maximum Gasteiger partial charge on any atom is 0.352 e. The van der Waals surface area contributed by atoms with Crippen LogP contribution >= 0.6 is 0 Å². The summed E-state index contributed by atoms with van der Waals surface area (Å²) in [5.74, 6) is -1.71. The number of hydrogen-bond donors (Lipinski definition) is 3. The number of aromatic nitrogens is 3.